The average Bonchev–Trinajstić information content (AvgIpc) is 2.94. The first-order chi connectivity index (χ1) is 10.6. The molecule has 1 aromatic carbocycles. The first kappa shape index (κ1) is 15.3. The number of pyridine rings is 1. The van der Waals surface area contributed by atoms with Crippen molar-refractivity contribution in [2.75, 3.05) is 6.54 Å². The minimum absolute atomic E-state index is 0.0356. The number of unbranched alkanes of at least 4 members (excludes halogenated alkanes) is 1. The van der Waals surface area contributed by atoms with Crippen LogP contribution in [0.4, 0.5) is 0 Å². The highest BCUT2D eigenvalue weighted by Gasteiger charge is 2.15. The molecule has 0 fully saturated rings. The molecule has 0 aliphatic rings. The second kappa shape index (κ2) is 6.23. The summed E-state index contributed by atoms with van der Waals surface area (Å²) in [6.07, 6.45) is 2.05. The van der Waals surface area contributed by atoms with Gasteiger partial charge in [0.25, 0.3) is 5.91 Å². The van der Waals surface area contributed by atoms with Gasteiger partial charge in [-0.15, -0.1) is 11.3 Å². The number of benzene rings is 1. The van der Waals surface area contributed by atoms with E-state index in [-0.39, 0.29) is 5.91 Å². The fourth-order valence-corrected chi connectivity index (χ4v) is 3.81. The summed E-state index contributed by atoms with van der Waals surface area (Å²) >= 11 is 7.76. The molecule has 2 aromatic heterocycles. The van der Waals surface area contributed by atoms with Crippen molar-refractivity contribution in [1.82, 2.24) is 10.3 Å². The molecule has 5 heteroatoms. The Labute approximate surface area is 138 Å². The summed E-state index contributed by atoms with van der Waals surface area (Å²) in [6.45, 7) is 4.85. The number of aryl methyl sites for hydroxylation is 1. The normalized spacial score (nSPS) is 11.2. The van der Waals surface area contributed by atoms with Crippen LogP contribution in [0.5, 0.6) is 0 Å². The first-order valence-corrected chi connectivity index (χ1v) is 8.57. The predicted molar refractivity (Wildman–Crippen MR) is 94.1 cm³/mol. The molecule has 0 bridgehead atoms. The van der Waals surface area contributed by atoms with E-state index < -0.39 is 0 Å². The van der Waals surface area contributed by atoms with Gasteiger partial charge < -0.3 is 5.32 Å². The standard InChI is InChI=1S/C17H17ClN2OS/c1-3-4-7-19-17(21)14-9-12-15(22-14)11-8-10(2)5-6-13(11)20-16(12)18/h5-6,8-9H,3-4,7H2,1-2H3,(H,19,21). The van der Waals surface area contributed by atoms with Crippen molar-refractivity contribution in [3.05, 3.63) is 39.9 Å². The minimum atomic E-state index is -0.0356. The second-order valence-corrected chi connectivity index (χ2v) is 6.80. The Kier molecular flexibility index (Phi) is 4.32. The Hall–Kier alpha value is -1.65. The van der Waals surface area contributed by atoms with Gasteiger partial charge in [-0.25, -0.2) is 4.98 Å². The Balaban J connectivity index is 2.08. The fourth-order valence-electron chi connectivity index (χ4n) is 2.42. The van der Waals surface area contributed by atoms with Gasteiger partial charge in [-0.05, 0) is 31.5 Å². The molecule has 0 aliphatic carbocycles. The molecule has 114 valence electrons. The number of aromatic nitrogens is 1. The molecule has 0 saturated heterocycles. The lowest BCUT2D eigenvalue weighted by molar-refractivity contribution is 0.0957. The Bertz CT molecular complexity index is 857. The highest BCUT2D eigenvalue weighted by molar-refractivity contribution is 7.21. The van der Waals surface area contributed by atoms with E-state index in [1.807, 2.05) is 25.1 Å². The molecule has 3 nitrogen and oxygen atoms in total. The largest absolute Gasteiger partial charge is 0.351 e. The number of hydrogen-bond acceptors (Lipinski definition) is 3. The number of carbonyl (C=O) groups is 1. The van der Waals surface area contributed by atoms with Crippen molar-refractivity contribution in [2.45, 2.75) is 26.7 Å². The quantitative estimate of drug-likeness (QED) is 0.543. The van der Waals surface area contributed by atoms with Crippen LogP contribution in [-0.2, 0) is 0 Å². The summed E-state index contributed by atoms with van der Waals surface area (Å²) in [5.74, 6) is -0.0356. The van der Waals surface area contributed by atoms with Gasteiger partial charge in [0.15, 0.2) is 0 Å². The molecule has 1 amide bonds. The number of amides is 1. The van der Waals surface area contributed by atoms with Gasteiger partial charge in [-0.2, -0.15) is 0 Å². The maximum Gasteiger partial charge on any atom is 0.261 e. The van der Waals surface area contributed by atoms with Crippen molar-refractivity contribution in [1.29, 1.82) is 0 Å². The molecule has 1 N–H and O–H groups in total. The van der Waals surface area contributed by atoms with Crippen LogP contribution in [-0.4, -0.2) is 17.4 Å². The van der Waals surface area contributed by atoms with E-state index >= 15 is 0 Å². The third-order valence-corrected chi connectivity index (χ3v) is 5.06. The Morgan fingerprint density at radius 2 is 2.14 bits per heavy atom. The van der Waals surface area contributed by atoms with E-state index in [1.54, 1.807) is 0 Å². The van der Waals surface area contributed by atoms with E-state index in [0.29, 0.717) is 16.6 Å². The molecule has 22 heavy (non-hydrogen) atoms. The molecule has 0 atom stereocenters. The SMILES string of the molecule is CCCCNC(=O)c1cc2c(Cl)nc3ccc(C)cc3c2s1. The van der Waals surface area contributed by atoms with Crippen LogP contribution >= 0.6 is 22.9 Å². The first-order valence-electron chi connectivity index (χ1n) is 7.37. The number of carbonyl (C=O) groups excluding carboxylic acids is 1. The maximum absolute atomic E-state index is 12.2. The third-order valence-electron chi connectivity index (χ3n) is 3.61. The topological polar surface area (TPSA) is 42.0 Å². The fraction of sp³-hybridized carbons (Fsp3) is 0.294. The number of halogens is 1. The van der Waals surface area contributed by atoms with Crippen molar-refractivity contribution < 1.29 is 4.79 Å². The summed E-state index contributed by atoms with van der Waals surface area (Å²) in [5, 5.41) is 5.31. The number of nitrogens with zero attached hydrogens (tertiary/aromatic N) is 1. The van der Waals surface area contributed by atoms with Crippen molar-refractivity contribution in [2.24, 2.45) is 0 Å². The zero-order valence-electron chi connectivity index (χ0n) is 12.6. The zero-order valence-corrected chi connectivity index (χ0v) is 14.1. The van der Waals surface area contributed by atoms with Gasteiger partial charge in [-0.1, -0.05) is 36.6 Å². The molecule has 2 heterocycles. The van der Waals surface area contributed by atoms with Crippen LogP contribution in [0.25, 0.3) is 21.0 Å². The van der Waals surface area contributed by atoms with Crippen LogP contribution in [0, 0.1) is 6.92 Å². The number of fused-ring (bicyclic) bond motifs is 3. The maximum atomic E-state index is 12.2. The highest BCUT2D eigenvalue weighted by atomic mass is 35.5. The lowest BCUT2D eigenvalue weighted by Gasteiger charge is -2.02. The zero-order chi connectivity index (χ0) is 15.7. The summed E-state index contributed by atoms with van der Waals surface area (Å²) in [6, 6.07) is 7.93. The summed E-state index contributed by atoms with van der Waals surface area (Å²) < 4.78 is 1.03. The molecule has 3 aromatic rings. The number of nitrogens with one attached hydrogen (secondary N) is 1. The van der Waals surface area contributed by atoms with E-state index in [9.17, 15) is 4.79 Å². The Morgan fingerprint density at radius 3 is 2.91 bits per heavy atom. The highest BCUT2D eigenvalue weighted by Crippen LogP contribution is 2.36. The van der Waals surface area contributed by atoms with Crippen LogP contribution in [0.1, 0.15) is 35.0 Å². The van der Waals surface area contributed by atoms with Gasteiger partial charge >= 0.3 is 0 Å². The van der Waals surface area contributed by atoms with E-state index in [1.165, 1.54) is 16.9 Å². The molecule has 0 saturated carbocycles. The molecular weight excluding hydrogens is 316 g/mol. The second-order valence-electron chi connectivity index (χ2n) is 5.39. The number of hydrogen-bond donors (Lipinski definition) is 1. The van der Waals surface area contributed by atoms with E-state index in [2.05, 4.69) is 23.3 Å². The third kappa shape index (κ3) is 2.81. The van der Waals surface area contributed by atoms with Crippen molar-refractivity contribution in [3.63, 3.8) is 0 Å². The smallest absolute Gasteiger partial charge is 0.261 e. The van der Waals surface area contributed by atoms with E-state index in [4.69, 9.17) is 11.6 Å². The van der Waals surface area contributed by atoms with E-state index in [0.717, 1.165) is 33.8 Å². The lowest BCUT2D eigenvalue weighted by Crippen LogP contribution is -2.23. The number of rotatable bonds is 4. The average molecular weight is 333 g/mol. The minimum Gasteiger partial charge on any atom is -0.351 e. The van der Waals surface area contributed by atoms with Gasteiger partial charge in [0.2, 0.25) is 0 Å². The van der Waals surface area contributed by atoms with Crippen LogP contribution < -0.4 is 5.32 Å². The molecule has 3 rings (SSSR count). The summed E-state index contributed by atoms with van der Waals surface area (Å²) in [5.41, 5.74) is 2.03. The van der Waals surface area contributed by atoms with Crippen LogP contribution in [0.3, 0.4) is 0 Å². The molecular formula is C17H17ClN2OS. The monoisotopic (exact) mass is 332 g/mol. The number of thiophene rings is 1. The Morgan fingerprint density at radius 1 is 1.32 bits per heavy atom. The molecule has 0 radical (unpaired) electrons. The van der Waals surface area contributed by atoms with Gasteiger partial charge in [-0.3, -0.25) is 4.79 Å². The molecule has 0 unspecified atom stereocenters. The van der Waals surface area contributed by atoms with Gasteiger partial charge in [0.05, 0.1) is 10.4 Å². The van der Waals surface area contributed by atoms with Gasteiger partial charge in [0, 0.05) is 22.0 Å². The van der Waals surface area contributed by atoms with Crippen LogP contribution in [0.2, 0.25) is 5.15 Å². The van der Waals surface area contributed by atoms with Gasteiger partial charge in [0.1, 0.15) is 5.15 Å². The lowest BCUT2D eigenvalue weighted by atomic mass is 10.1. The summed E-state index contributed by atoms with van der Waals surface area (Å²) in [4.78, 5) is 17.4. The van der Waals surface area contributed by atoms with Crippen molar-refractivity contribution in [3.8, 4) is 0 Å². The van der Waals surface area contributed by atoms with Crippen molar-refractivity contribution >= 4 is 49.8 Å². The molecule has 0 aliphatic heterocycles. The molecule has 0 spiro atoms. The van der Waals surface area contributed by atoms with Crippen LogP contribution in [0.15, 0.2) is 24.3 Å². The predicted octanol–water partition coefficient (Wildman–Crippen LogP) is 4.94. The summed E-state index contributed by atoms with van der Waals surface area (Å²) in [7, 11) is 0.